The van der Waals surface area contributed by atoms with Gasteiger partial charge in [0.1, 0.15) is 0 Å². The summed E-state index contributed by atoms with van der Waals surface area (Å²) >= 11 is 0. The standard InChI is InChI=1S/C44H40N2/c1-33-9-21-39(22-10-33)45(40-23-11-34(2)12-24-40)43-29-17-37(18-30-43)7-5-6-8-38-19-31-44(32-20-38)46(41-25-13-35(3)14-26-41)42-27-15-36(4)16-28-42/h5-32H,1-4H3/b7-5+,8-6+. The van der Waals surface area contributed by atoms with Crippen molar-refractivity contribution in [2.24, 2.45) is 0 Å². The SMILES string of the molecule is Cc1ccc(N(c2ccc(C)cc2)c2ccc(/C=C/C=C/c3ccc(N(c4ccc(C)cc4)c4ccc(C)cc4)cc3)cc2)cc1. The van der Waals surface area contributed by atoms with Gasteiger partial charge in [-0.05, 0) is 112 Å². The molecule has 6 aromatic rings. The molecule has 0 amide bonds. The van der Waals surface area contributed by atoms with Crippen molar-refractivity contribution in [3.05, 3.63) is 191 Å². The Kier molecular flexibility index (Phi) is 9.27. The topological polar surface area (TPSA) is 6.48 Å². The van der Waals surface area contributed by atoms with Gasteiger partial charge in [0.15, 0.2) is 0 Å². The van der Waals surface area contributed by atoms with E-state index in [0.29, 0.717) is 0 Å². The third-order valence-corrected chi connectivity index (χ3v) is 8.16. The van der Waals surface area contributed by atoms with Gasteiger partial charge in [0.05, 0.1) is 0 Å². The number of rotatable bonds is 9. The molecule has 0 aliphatic carbocycles. The fourth-order valence-electron chi connectivity index (χ4n) is 5.47. The zero-order valence-electron chi connectivity index (χ0n) is 27.1. The molecule has 2 heteroatoms. The van der Waals surface area contributed by atoms with E-state index in [2.05, 4.69) is 207 Å². The highest BCUT2D eigenvalue weighted by Crippen LogP contribution is 2.36. The number of aryl methyl sites for hydroxylation is 4. The molecule has 0 aromatic heterocycles. The second-order valence-corrected chi connectivity index (χ2v) is 11.9. The summed E-state index contributed by atoms with van der Waals surface area (Å²) in [4.78, 5) is 4.60. The van der Waals surface area contributed by atoms with Gasteiger partial charge >= 0.3 is 0 Å². The van der Waals surface area contributed by atoms with Crippen LogP contribution in [0.1, 0.15) is 33.4 Å². The minimum atomic E-state index is 1.13. The Morgan fingerprint density at radius 2 is 0.478 bits per heavy atom. The van der Waals surface area contributed by atoms with Crippen LogP contribution in [-0.2, 0) is 0 Å². The Balaban J connectivity index is 1.17. The summed E-state index contributed by atoms with van der Waals surface area (Å²) in [6, 6.07) is 52.2. The van der Waals surface area contributed by atoms with Crippen LogP contribution in [0.15, 0.2) is 158 Å². The van der Waals surface area contributed by atoms with Crippen LogP contribution < -0.4 is 9.80 Å². The largest absolute Gasteiger partial charge is 0.311 e. The normalized spacial score (nSPS) is 11.3. The van der Waals surface area contributed by atoms with Gasteiger partial charge < -0.3 is 9.80 Å². The van der Waals surface area contributed by atoms with E-state index >= 15 is 0 Å². The molecular formula is C44H40N2. The van der Waals surface area contributed by atoms with Gasteiger partial charge in [-0.15, -0.1) is 0 Å². The first-order chi connectivity index (χ1) is 22.4. The van der Waals surface area contributed by atoms with E-state index in [-0.39, 0.29) is 0 Å². The number of nitrogens with zero attached hydrogens (tertiary/aromatic N) is 2. The lowest BCUT2D eigenvalue weighted by Gasteiger charge is -2.26. The average molecular weight is 597 g/mol. The molecule has 0 bridgehead atoms. The van der Waals surface area contributed by atoms with E-state index in [1.165, 1.54) is 22.3 Å². The summed E-state index contributed by atoms with van der Waals surface area (Å²) in [5.41, 5.74) is 14.2. The first kappa shape index (κ1) is 30.4. The van der Waals surface area contributed by atoms with Gasteiger partial charge in [0.2, 0.25) is 0 Å². The molecule has 0 aliphatic heterocycles. The molecule has 0 radical (unpaired) electrons. The molecule has 0 spiro atoms. The molecule has 0 heterocycles. The van der Waals surface area contributed by atoms with Crippen molar-refractivity contribution in [3.63, 3.8) is 0 Å². The molecule has 0 aliphatic rings. The first-order valence-corrected chi connectivity index (χ1v) is 15.8. The maximum absolute atomic E-state index is 2.30. The molecule has 6 aromatic carbocycles. The minimum absolute atomic E-state index is 1.13. The maximum Gasteiger partial charge on any atom is 0.0462 e. The van der Waals surface area contributed by atoms with Crippen molar-refractivity contribution in [2.45, 2.75) is 27.7 Å². The number of hydrogen-bond acceptors (Lipinski definition) is 2. The van der Waals surface area contributed by atoms with Gasteiger partial charge in [-0.25, -0.2) is 0 Å². The molecular weight excluding hydrogens is 556 g/mol. The van der Waals surface area contributed by atoms with Gasteiger partial charge in [-0.3, -0.25) is 0 Å². The first-order valence-electron chi connectivity index (χ1n) is 15.8. The predicted octanol–water partition coefficient (Wildman–Crippen LogP) is 12.6. The summed E-state index contributed by atoms with van der Waals surface area (Å²) < 4.78 is 0. The quantitative estimate of drug-likeness (QED) is 0.153. The number of benzene rings is 6. The highest BCUT2D eigenvalue weighted by molar-refractivity contribution is 5.78. The van der Waals surface area contributed by atoms with E-state index in [4.69, 9.17) is 0 Å². The van der Waals surface area contributed by atoms with E-state index < -0.39 is 0 Å². The number of allylic oxidation sites excluding steroid dienone is 2. The molecule has 2 nitrogen and oxygen atoms in total. The number of hydrogen-bond donors (Lipinski definition) is 0. The smallest absolute Gasteiger partial charge is 0.0462 e. The third kappa shape index (κ3) is 7.36. The van der Waals surface area contributed by atoms with Crippen LogP contribution in [0.3, 0.4) is 0 Å². The molecule has 0 N–H and O–H groups in total. The summed E-state index contributed by atoms with van der Waals surface area (Å²) in [5, 5.41) is 0. The molecule has 0 unspecified atom stereocenters. The highest BCUT2D eigenvalue weighted by atomic mass is 15.1. The second kappa shape index (κ2) is 14.0. The Bertz CT molecular complexity index is 1670. The molecule has 6 rings (SSSR count). The summed E-state index contributed by atoms with van der Waals surface area (Å²) in [6.45, 7) is 8.49. The average Bonchev–Trinajstić information content (AvgIpc) is 3.08. The maximum atomic E-state index is 2.30. The monoisotopic (exact) mass is 596 g/mol. The fourth-order valence-corrected chi connectivity index (χ4v) is 5.47. The molecule has 0 atom stereocenters. The van der Waals surface area contributed by atoms with Crippen LogP contribution in [0.2, 0.25) is 0 Å². The van der Waals surface area contributed by atoms with Gasteiger partial charge in [-0.1, -0.05) is 119 Å². The van der Waals surface area contributed by atoms with Crippen molar-refractivity contribution in [2.75, 3.05) is 9.80 Å². The lowest BCUT2D eigenvalue weighted by molar-refractivity contribution is 1.27. The summed E-state index contributed by atoms with van der Waals surface area (Å²) in [7, 11) is 0. The Morgan fingerprint density at radius 1 is 0.283 bits per heavy atom. The van der Waals surface area contributed by atoms with E-state index in [1.54, 1.807) is 0 Å². The van der Waals surface area contributed by atoms with E-state index in [1.807, 2.05) is 0 Å². The van der Waals surface area contributed by atoms with Crippen LogP contribution >= 0.6 is 0 Å². The fraction of sp³-hybridized carbons (Fsp3) is 0.0909. The molecule has 0 fully saturated rings. The second-order valence-electron chi connectivity index (χ2n) is 11.9. The lowest BCUT2D eigenvalue weighted by atomic mass is 10.1. The molecule has 46 heavy (non-hydrogen) atoms. The zero-order valence-corrected chi connectivity index (χ0v) is 27.1. The zero-order chi connectivity index (χ0) is 31.9. The van der Waals surface area contributed by atoms with Gasteiger partial charge in [0.25, 0.3) is 0 Å². The molecule has 226 valence electrons. The Hall–Kier alpha value is -5.60. The van der Waals surface area contributed by atoms with Crippen molar-refractivity contribution < 1.29 is 0 Å². The third-order valence-electron chi connectivity index (χ3n) is 8.16. The molecule has 0 saturated carbocycles. The van der Waals surface area contributed by atoms with Crippen molar-refractivity contribution in [3.8, 4) is 0 Å². The van der Waals surface area contributed by atoms with Crippen molar-refractivity contribution >= 4 is 46.3 Å². The minimum Gasteiger partial charge on any atom is -0.311 e. The van der Waals surface area contributed by atoms with Crippen LogP contribution in [0.25, 0.3) is 12.2 Å². The van der Waals surface area contributed by atoms with Crippen molar-refractivity contribution in [1.29, 1.82) is 0 Å². The van der Waals surface area contributed by atoms with Gasteiger partial charge in [0, 0.05) is 34.1 Å². The van der Waals surface area contributed by atoms with Crippen LogP contribution in [0, 0.1) is 27.7 Å². The van der Waals surface area contributed by atoms with Crippen LogP contribution in [-0.4, -0.2) is 0 Å². The van der Waals surface area contributed by atoms with Crippen molar-refractivity contribution in [1.82, 2.24) is 0 Å². The summed E-state index contributed by atoms with van der Waals surface area (Å²) in [5.74, 6) is 0. The highest BCUT2D eigenvalue weighted by Gasteiger charge is 2.13. The lowest BCUT2D eigenvalue weighted by Crippen LogP contribution is -2.09. The Labute approximate surface area is 274 Å². The van der Waals surface area contributed by atoms with Crippen LogP contribution in [0.5, 0.6) is 0 Å². The van der Waals surface area contributed by atoms with Crippen LogP contribution in [0.4, 0.5) is 34.1 Å². The Morgan fingerprint density at radius 3 is 0.696 bits per heavy atom. The summed E-state index contributed by atoms with van der Waals surface area (Å²) in [6.07, 6.45) is 8.50. The molecule has 0 saturated heterocycles. The van der Waals surface area contributed by atoms with E-state index in [9.17, 15) is 0 Å². The predicted molar refractivity (Wildman–Crippen MR) is 199 cm³/mol. The number of anilines is 6. The van der Waals surface area contributed by atoms with E-state index in [0.717, 1.165) is 45.3 Å². The van der Waals surface area contributed by atoms with Gasteiger partial charge in [-0.2, -0.15) is 0 Å².